The molecule has 2 aromatic rings. The molecule has 0 saturated carbocycles. The van der Waals surface area contributed by atoms with Gasteiger partial charge in [0.05, 0.1) is 31.3 Å². The SMILES string of the molecule is CC(C)[Si](OC(c1ccccc1)C(C#N)COCc1ccccc1)(C(C)C)C(C)C. The van der Waals surface area contributed by atoms with Crippen LogP contribution in [0.25, 0.3) is 0 Å². The van der Waals surface area contributed by atoms with Gasteiger partial charge in [-0.2, -0.15) is 5.26 Å². The van der Waals surface area contributed by atoms with Gasteiger partial charge >= 0.3 is 0 Å². The predicted molar refractivity (Wildman–Crippen MR) is 127 cm³/mol. The van der Waals surface area contributed by atoms with Crippen molar-refractivity contribution in [1.29, 1.82) is 5.26 Å². The summed E-state index contributed by atoms with van der Waals surface area (Å²) in [5.74, 6) is -0.362. The maximum atomic E-state index is 10.1. The zero-order valence-electron chi connectivity index (χ0n) is 19.3. The van der Waals surface area contributed by atoms with Gasteiger partial charge in [0, 0.05) is 0 Å². The molecular formula is C26H37NO2Si. The van der Waals surface area contributed by atoms with Crippen LogP contribution in [0.5, 0.6) is 0 Å². The van der Waals surface area contributed by atoms with Crippen molar-refractivity contribution in [3.63, 3.8) is 0 Å². The van der Waals surface area contributed by atoms with E-state index in [4.69, 9.17) is 9.16 Å². The Morgan fingerprint density at radius 3 is 1.77 bits per heavy atom. The molecule has 0 bridgehead atoms. The number of hydrogen-bond acceptors (Lipinski definition) is 3. The lowest BCUT2D eigenvalue weighted by atomic mass is 9.98. The minimum atomic E-state index is -2.16. The summed E-state index contributed by atoms with van der Waals surface area (Å²) in [5.41, 5.74) is 3.53. The van der Waals surface area contributed by atoms with Crippen LogP contribution in [-0.2, 0) is 15.8 Å². The molecular weight excluding hydrogens is 386 g/mol. The van der Waals surface area contributed by atoms with Gasteiger partial charge in [0.25, 0.3) is 0 Å². The Morgan fingerprint density at radius 2 is 1.30 bits per heavy atom. The highest BCUT2D eigenvalue weighted by molar-refractivity contribution is 6.77. The minimum Gasteiger partial charge on any atom is -0.408 e. The normalized spacial score (nSPS) is 14.1. The van der Waals surface area contributed by atoms with Gasteiger partial charge < -0.3 is 9.16 Å². The topological polar surface area (TPSA) is 42.2 Å². The molecule has 2 unspecified atom stereocenters. The Bertz CT molecular complexity index is 762. The highest BCUT2D eigenvalue weighted by Crippen LogP contribution is 2.46. The quantitative estimate of drug-likeness (QED) is 0.357. The zero-order valence-corrected chi connectivity index (χ0v) is 20.3. The monoisotopic (exact) mass is 423 g/mol. The first-order valence-electron chi connectivity index (χ1n) is 11.1. The van der Waals surface area contributed by atoms with Gasteiger partial charge in [-0.05, 0) is 27.8 Å². The third-order valence-electron chi connectivity index (χ3n) is 6.11. The van der Waals surface area contributed by atoms with Gasteiger partial charge in [0.15, 0.2) is 0 Å². The molecule has 3 nitrogen and oxygen atoms in total. The van der Waals surface area contributed by atoms with Crippen molar-refractivity contribution in [3.05, 3.63) is 71.8 Å². The molecule has 0 heterocycles. The first-order valence-corrected chi connectivity index (χ1v) is 13.2. The molecule has 0 aliphatic carbocycles. The Labute approximate surface area is 184 Å². The Morgan fingerprint density at radius 1 is 0.800 bits per heavy atom. The van der Waals surface area contributed by atoms with E-state index in [1.165, 1.54) is 0 Å². The second kappa shape index (κ2) is 11.5. The second-order valence-corrected chi connectivity index (χ2v) is 14.4. The third-order valence-corrected chi connectivity index (χ3v) is 12.2. The molecule has 0 amide bonds. The van der Waals surface area contributed by atoms with E-state index < -0.39 is 8.32 Å². The van der Waals surface area contributed by atoms with E-state index >= 15 is 0 Å². The number of rotatable bonds is 11. The van der Waals surface area contributed by atoms with Crippen LogP contribution in [0.1, 0.15) is 58.8 Å². The van der Waals surface area contributed by atoms with Crippen LogP contribution in [0.15, 0.2) is 60.7 Å². The van der Waals surface area contributed by atoms with E-state index in [0.717, 1.165) is 11.1 Å². The van der Waals surface area contributed by atoms with Crippen LogP contribution in [0.3, 0.4) is 0 Å². The summed E-state index contributed by atoms with van der Waals surface area (Å²) in [6.07, 6.45) is -0.286. The van der Waals surface area contributed by atoms with Crippen LogP contribution < -0.4 is 0 Å². The first-order chi connectivity index (χ1) is 14.3. The number of benzene rings is 2. The van der Waals surface area contributed by atoms with Crippen molar-refractivity contribution in [2.45, 2.75) is 70.9 Å². The Kier molecular flexibility index (Phi) is 9.29. The van der Waals surface area contributed by atoms with E-state index in [1.807, 2.05) is 48.5 Å². The molecule has 2 aromatic carbocycles. The van der Waals surface area contributed by atoms with Crippen molar-refractivity contribution in [2.24, 2.45) is 5.92 Å². The van der Waals surface area contributed by atoms with Crippen LogP contribution in [0.4, 0.5) is 0 Å². The summed E-state index contributed by atoms with van der Waals surface area (Å²) in [6.45, 7) is 14.5. The van der Waals surface area contributed by atoms with E-state index in [-0.39, 0.29) is 12.0 Å². The molecule has 4 heteroatoms. The molecule has 0 aliphatic heterocycles. The summed E-state index contributed by atoms with van der Waals surface area (Å²) in [5, 5.41) is 10.1. The molecule has 30 heavy (non-hydrogen) atoms. The van der Waals surface area contributed by atoms with Gasteiger partial charge in [-0.15, -0.1) is 0 Å². The molecule has 0 aromatic heterocycles. The summed E-state index contributed by atoms with van der Waals surface area (Å²) in [4.78, 5) is 0. The second-order valence-electron chi connectivity index (χ2n) is 9.00. The van der Waals surface area contributed by atoms with Crippen molar-refractivity contribution >= 4 is 8.32 Å². The molecule has 2 atom stereocenters. The summed E-state index contributed by atoms with van der Waals surface area (Å²) in [7, 11) is -2.16. The number of nitriles is 1. The molecule has 162 valence electrons. The van der Waals surface area contributed by atoms with Crippen molar-refractivity contribution in [2.75, 3.05) is 6.61 Å². The summed E-state index contributed by atoms with van der Waals surface area (Å²) >= 11 is 0. The molecule has 0 aliphatic rings. The molecule has 0 radical (unpaired) electrons. The van der Waals surface area contributed by atoms with Gasteiger partial charge in [-0.25, -0.2) is 0 Å². The lowest BCUT2D eigenvalue weighted by molar-refractivity contribution is 0.0459. The van der Waals surface area contributed by atoms with Gasteiger partial charge in [0.2, 0.25) is 8.32 Å². The Balaban J connectivity index is 2.30. The van der Waals surface area contributed by atoms with E-state index in [1.54, 1.807) is 0 Å². The molecule has 0 N–H and O–H groups in total. The first kappa shape index (κ1) is 24.3. The van der Waals surface area contributed by atoms with E-state index in [2.05, 4.69) is 59.7 Å². The highest BCUT2D eigenvalue weighted by atomic mass is 28.4. The lowest BCUT2D eigenvalue weighted by Gasteiger charge is -2.45. The maximum absolute atomic E-state index is 10.1. The van der Waals surface area contributed by atoms with Gasteiger partial charge in [-0.3, -0.25) is 0 Å². The number of nitrogens with zero attached hydrogens (tertiary/aromatic N) is 1. The maximum Gasteiger partial charge on any atom is 0.201 e. The average molecular weight is 424 g/mol. The molecule has 0 fully saturated rings. The molecule has 2 rings (SSSR count). The van der Waals surface area contributed by atoms with E-state index in [9.17, 15) is 5.26 Å². The summed E-state index contributed by atoms with van der Waals surface area (Å²) < 4.78 is 13.1. The van der Waals surface area contributed by atoms with Gasteiger partial charge in [-0.1, -0.05) is 102 Å². The predicted octanol–water partition coefficient (Wildman–Crippen LogP) is 7.28. The van der Waals surface area contributed by atoms with E-state index in [0.29, 0.717) is 29.8 Å². The van der Waals surface area contributed by atoms with Crippen molar-refractivity contribution < 1.29 is 9.16 Å². The third kappa shape index (κ3) is 5.82. The smallest absolute Gasteiger partial charge is 0.201 e. The average Bonchev–Trinajstić information content (AvgIpc) is 2.73. The van der Waals surface area contributed by atoms with Crippen molar-refractivity contribution in [3.8, 4) is 6.07 Å². The molecule has 0 saturated heterocycles. The summed E-state index contributed by atoms with van der Waals surface area (Å²) in [6, 6.07) is 22.8. The largest absolute Gasteiger partial charge is 0.408 e. The number of hydrogen-bond donors (Lipinski definition) is 0. The van der Waals surface area contributed by atoms with Crippen LogP contribution in [0, 0.1) is 17.2 Å². The molecule has 0 spiro atoms. The van der Waals surface area contributed by atoms with Crippen molar-refractivity contribution in [1.82, 2.24) is 0 Å². The zero-order chi connectivity index (χ0) is 22.1. The fraction of sp³-hybridized carbons (Fsp3) is 0.500. The van der Waals surface area contributed by atoms with Gasteiger partial charge in [0.1, 0.15) is 0 Å². The minimum absolute atomic E-state index is 0.286. The highest BCUT2D eigenvalue weighted by Gasteiger charge is 2.48. The van der Waals surface area contributed by atoms with Crippen LogP contribution >= 0.6 is 0 Å². The fourth-order valence-electron chi connectivity index (χ4n) is 4.72. The standard InChI is InChI=1S/C26H37NO2Si/c1-20(2)30(21(3)4,22(5)6)29-26(24-15-11-8-12-16-24)25(17-27)19-28-18-23-13-9-7-10-14-23/h7-16,20-22,25-26H,18-19H2,1-6H3. The lowest BCUT2D eigenvalue weighted by Crippen LogP contribution is -2.49. The van der Waals surface area contributed by atoms with Crippen LogP contribution in [-0.4, -0.2) is 14.9 Å². The number of ether oxygens (including phenoxy) is 1. The van der Waals surface area contributed by atoms with Crippen LogP contribution in [0.2, 0.25) is 16.6 Å². The Hall–Kier alpha value is -1.93. The fourth-order valence-corrected chi connectivity index (χ4v) is 10.3.